The van der Waals surface area contributed by atoms with E-state index in [9.17, 15) is 14.7 Å². The predicted molar refractivity (Wildman–Crippen MR) is 89.7 cm³/mol. The number of hydrogen-bond donors (Lipinski definition) is 1. The van der Waals surface area contributed by atoms with Gasteiger partial charge in [-0.05, 0) is 46.0 Å². The zero-order valence-electron chi connectivity index (χ0n) is 14.2. The molecule has 1 atom stereocenters. The van der Waals surface area contributed by atoms with Crippen molar-refractivity contribution in [3.05, 3.63) is 35.4 Å². The Hall–Kier alpha value is -1.72. The van der Waals surface area contributed by atoms with Gasteiger partial charge >= 0.3 is 0 Å². The van der Waals surface area contributed by atoms with Crippen LogP contribution >= 0.6 is 0 Å². The highest BCUT2D eigenvalue weighted by molar-refractivity contribution is 5.99. The maximum absolute atomic E-state index is 12.8. The van der Waals surface area contributed by atoms with Crippen LogP contribution in [-0.2, 0) is 0 Å². The topological polar surface area (TPSA) is 60.9 Å². The van der Waals surface area contributed by atoms with Crippen molar-refractivity contribution in [2.24, 2.45) is 5.41 Å². The summed E-state index contributed by atoms with van der Waals surface area (Å²) in [5.41, 5.74) is 0.821. The van der Waals surface area contributed by atoms with Crippen molar-refractivity contribution in [3.63, 3.8) is 0 Å². The molecule has 1 N–H and O–H groups in total. The van der Waals surface area contributed by atoms with Gasteiger partial charge in [0.05, 0.1) is 6.61 Å². The molecule has 0 spiro atoms. The zero-order valence-corrected chi connectivity index (χ0v) is 14.2. The lowest BCUT2D eigenvalue weighted by Crippen LogP contribution is -2.51. The Labute approximate surface area is 137 Å². The molecular formula is C18H26N2O3. The minimum atomic E-state index is -0.268. The number of ketones is 1. The molecule has 1 aliphatic heterocycles. The Morgan fingerprint density at radius 1 is 1.30 bits per heavy atom. The van der Waals surface area contributed by atoms with E-state index in [0.717, 1.165) is 19.4 Å². The van der Waals surface area contributed by atoms with Gasteiger partial charge in [-0.25, -0.2) is 0 Å². The van der Waals surface area contributed by atoms with Gasteiger partial charge in [-0.2, -0.15) is 0 Å². The van der Waals surface area contributed by atoms with Crippen LogP contribution in [0.4, 0.5) is 0 Å². The van der Waals surface area contributed by atoms with Crippen LogP contribution in [0.25, 0.3) is 0 Å². The van der Waals surface area contributed by atoms with Gasteiger partial charge in [0.15, 0.2) is 5.78 Å². The monoisotopic (exact) mass is 318 g/mol. The van der Waals surface area contributed by atoms with Crippen LogP contribution in [0.2, 0.25) is 0 Å². The average Bonchev–Trinajstić information content (AvgIpc) is 2.53. The molecule has 1 aliphatic rings. The first-order valence-corrected chi connectivity index (χ1v) is 8.03. The van der Waals surface area contributed by atoms with Crippen LogP contribution in [0.3, 0.4) is 0 Å². The number of likely N-dealkylation sites (tertiary alicyclic amines) is 1. The summed E-state index contributed by atoms with van der Waals surface area (Å²) in [6.07, 6.45) is 1.80. The highest BCUT2D eigenvalue weighted by Gasteiger charge is 2.37. The van der Waals surface area contributed by atoms with Crippen LogP contribution in [0, 0.1) is 5.41 Å². The molecule has 1 aromatic carbocycles. The molecule has 1 amide bonds. The summed E-state index contributed by atoms with van der Waals surface area (Å²) < 4.78 is 0. The lowest BCUT2D eigenvalue weighted by Gasteiger charge is -2.43. The van der Waals surface area contributed by atoms with E-state index in [4.69, 9.17) is 0 Å². The fraction of sp³-hybridized carbons (Fsp3) is 0.556. The van der Waals surface area contributed by atoms with E-state index < -0.39 is 0 Å². The van der Waals surface area contributed by atoms with Crippen LogP contribution in [0.1, 0.15) is 40.5 Å². The number of benzene rings is 1. The van der Waals surface area contributed by atoms with E-state index in [1.54, 1.807) is 24.3 Å². The molecule has 1 saturated heterocycles. The summed E-state index contributed by atoms with van der Waals surface area (Å²) in [7, 11) is 3.96. The zero-order chi connectivity index (χ0) is 17.0. The van der Waals surface area contributed by atoms with E-state index in [2.05, 4.69) is 4.90 Å². The molecule has 2 rings (SSSR count). The number of hydrogen-bond acceptors (Lipinski definition) is 4. The average molecular weight is 318 g/mol. The van der Waals surface area contributed by atoms with E-state index >= 15 is 0 Å². The summed E-state index contributed by atoms with van der Waals surface area (Å²) in [6, 6.07) is 6.87. The Bertz CT molecular complexity index is 585. The molecule has 0 bridgehead atoms. The molecule has 0 unspecified atom stereocenters. The van der Waals surface area contributed by atoms with Crippen LogP contribution < -0.4 is 0 Å². The highest BCUT2D eigenvalue weighted by atomic mass is 16.3. The van der Waals surface area contributed by atoms with Crippen molar-refractivity contribution < 1.29 is 14.7 Å². The maximum Gasteiger partial charge on any atom is 0.253 e. The van der Waals surface area contributed by atoms with E-state index in [-0.39, 0.29) is 23.7 Å². The van der Waals surface area contributed by atoms with Gasteiger partial charge in [-0.1, -0.05) is 12.1 Å². The Morgan fingerprint density at radius 3 is 2.61 bits per heavy atom. The Morgan fingerprint density at radius 2 is 2.00 bits per heavy atom. The molecule has 23 heavy (non-hydrogen) atoms. The number of piperidine rings is 1. The lowest BCUT2D eigenvalue weighted by molar-refractivity contribution is 0.0138. The largest absolute Gasteiger partial charge is 0.396 e. The molecule has 126 valence electrons. The number of nitrogens with zero attached hydrogens (tertiary/aromatic N) is 2. The standard InChI is InChI=1S/C18H26N2O3/c1-14(22)15-6-4-7-16(10-15)17(23)20-9-5-8-18(12-20,13-21)11-19(2)3/h4,6-7,10,21H,5,8-9,11-13H2,1-3H3/t18-/m1/s1. The number of aliphatic hydroxyl groups excluding tert-OH is 1. The highest BCUT2D eigenvalue weighted by Crippen LogP contribution is 2.31. The van der Waals surface area contributed by atoms with Gasteiger partial charge in [-0.3, -0.25) is 9.59 Å². The van der Waals surface area contributed by atoms with Crippen molar-refractivity contribution >= 4 is 11.7 Å². The van der Waals surface area contributed by atoms with Gasteiger partial charge in [0, 0.05) is 36.2 Å². The number of amides is 1. The third kappa shape index (κ3) is 4.18. The Balaban J connectivity index is 2.19. The van der Waals surface area contributed by atoms with Crippen LogP contribution in [0.5, 0.6) is 0 Å². The van der Waals surface area contributed by atoms with Crippen molar-refractivity contribution in [1.82, 2.24) is 9.80 Å². The van der Waals surface area contributed by atoms with Crippen LogP contribution in [0.15, 0.2) is 24.3 Å². The van der Waals surface area contributed by atoms with E-state index in [1.165, 1.54) is 6.92 Å². The number of Topliss-reactive ketones (excluding diaryl/α,β-unsaturated/α-hetero) is 1. The van der Waals surface area contributed by atoms with Crippen molar-refractivity contribution in [2.75, 3.05) is 40.3 Å². The van der Waals surface area contributed by atoms with Gasteiger partial charge < -0.3 is 14.9 Å². The molecule has 5 heteroatoms. The molecule has 1 heterocycles. The molecule has 1 fully saturated rings. The smallest absolute Gasteiger partial charge is 0.253 e. The van der Waals surface area contributed by atoms with Gasteiger partial charge in [0.25, 0.3) is 5.91 Å². The third-order valence-corrected chi connectivity index (χ3v) is 4.45. The first-order chi connectivity index (χ1) is 10.9. The minimum absolute atomic E-state index is 0.0457. The van der Waals surface area contributed by atoms with Crippen molar-refractivity contribution in [1.29, 1.82) is 0 Å². The summed E-state index contributed by atoms with van der Waals surface area (Å²) in [5, 5.41) is 9.87. The van der Waals surface area contributed by atoms with Crippen molar-refractivity contribution in [2.45, 2.75) is 19.8 Å². The maximum atomic E-state index is 12.8. The fourth-order valence-electron chi connectivity index (χ4n) is 3.41. The second kappa shape index (κ2) is 7.23. The molecule has 1 aromatic rings. The van der Waals surface area contributed by atoms with E-state index in [1.807, 2.05) is 19.0 Å². The van der Waals surface area contributed by atoms with Gasteiger partial charge in [0.2, 0.25) is 0 Å². The molecule has 5 nitrogen and oxygen atoms in total. The van der Waals surface area contributed by atoms with E-state index in [0.29, 0.717) is 24.2 Å². The Kier molecular flexibility index (Phi) is 5.55. The van der Waals surface area contributed by atoms with Gasteiger partial charge in [0.1, 0.15) is 0 Å². The summed E-state index contributed by atoms with van der Waals surface area (Å²) in [6.45, 7) is 3.56. The summed E-state index contributed by atoms with van der Waals surface area (Å²) in [5.74, 6) is -0.111. The second-order valence-electron chi connectivity index (χ2n) is 6.86. The lowest BCUT2D eigenvalue weighted by atomic mass is 9.80. The second-order valence-corrected chi connectivity index (χ2v) is 6.86. The quantitative estimate of drug-likeness (QED) is 0.839. The predicted octanol–water partition coefficient (Wildman–Crippen LogP) is 1.67. The SMILES string of the molecule is CC(=O)c1cccc(C(=O)N2CCC[C@@](CO)(CN(C)C)C2)c1. The summed E-state index contributed by atoms with van der Waals surface area (Å²) in [4.78, 5) is 28.2. The molecular weight excluding hydrogens is 292 g/mol. The molecule has 0 saturated carbocycles. The van der Waals surface area contributed by atoms with Crippen LogP contribution in [-0.4, -0.2) is 66.9 Å². The summed E-state index contributed by atoms with van der Waals surface area (Å²) >= 11 is 0. The van der Waals surface area contributed by atoms with Gasteiger partial charge in [-0.15, -0.1) is 0 Å². The minimum Gasteiger partial charge on any atom is -0.396 e. The normalized spacial score (nSPS) is 21.5. The first kappa shape index (κ1) is 17.6. The third-order valence-electron chi connectivity index (χ3n) is 4.45. The molecule has 0 radical (unpaired) electrons. The molecule has 0 aromatic heterocycles. The first-order valence-electron chi connectivity index (χ1n) is 8.03. The number of aliphatic hydroxyl groups is 1. The number of carbonyl (C=O) groups is 2. The fourth-order valence-corrected chi connectivity index (χ4v) is 3.41. The number of rotatable bonds is 5. The number of carbonyl (C=O) groups excluding carboxylic acids is 2. The van der Waals surface area contributed by atoms with Crippen molar-refractivity contribution in [3.8, 4) is 0 Å². The molecule has 0 aliphatic carbocycles.